The first kappa shape index (κ1) is 21.7. The van der Waals surface area contributed by atoms with Crippen molar-refractivity contribution in [1.82, 2.24) is 10.0 Å². The number of nitrogens with one attached hydrogen (secondary N) is 2. The van der Waals surface area contributed by atoms with E-state index in [1.54, 1.807) is 6.07 Å². The van der Waals surface area contributed by atoms with E-state index in [1.165, 1.54) is 0 Å². The van der Waals surface area contributed by atoms with Gasteiger partial charge < -0.3 is 10.1 Å². The van der Waals surface area contributed by atoms with Crippen LogP contribution in [0.25, 0.3) is 0 Å². The fourth-order valence-electron chi connectivity index (χ4n) is 2.21. The lowest BCUT2D eigenvalue weighted by Crippen LogP contribution is -2.38. The summed E-state index contributed by atoms with van der Waals surface area (Å²) >= 11 is 0. The summed E-state index contributed by atoms with van der Waals surface area (Å²) in [6, 6.07) is 10.6. The smallest absolute Gasteiger partial charge is 0.416 e. The summed E-state index contributed by atoms with van der Waals surface area (Å²) in [6.45, 7) is 1.61. The Balaban J connectivity index is 1.81. The molecule has 2 N–H and O–H groups in total. The Bertz CT molecular complexity index is 930. The maximum absolute atomic E-state index is 12.7. The predicted octanol–water partition coefficient (Wildman–Crippen LogP) is 2.49. The third kappa shape index (κ3) is 6.54. The molecule has 0 aliphatic heterocycles. The highest BCUT2D eigenvalue weighted by molar-refractivity contribution is 7.89. The molecule has 0 heterocycles. The second kappa shape index (κ2) is 9.07. The van der Waals surface area contributed by atoms with Crippen LogP contribution in [0.4, 0.5) is 13.2 Å². The van der Waals surface area contributed by atoms with Crippen LogP contribution in [0.5, 0.6) is 5.75 Å². The highest BCUT2D eigenvalue weighted by atomic mass is 32.2. The molecule has 0 saturated heterocycles. The summed E-state index contributed by atoms with van der Waals surface area (Å²) in [5.74, 6) is 0.00268. The molecule has 0 aromatic heterocycles. The highest BCUT2D eigenvalue weighted by Crippen LogP contribution is 2.30. The van der Waals surface area contributed by atoms with Crippen molar-refractivity contribution in [3.05, 3.63) is 59.7 Å². The number of alkyl halides is 3. The molecule has 28 heavy (non-hydrogen) atoms. The Hall–Kier alpha value is -2.59. The lowest BCUT2D eigenvalue weighted by atomic mass is 10.2. The molecule has 0 saturated carbocycles. The van der Waals surface area contributed by atoms with E-state index in [0.29, 0.717) is 11.8 Å². The largest absolute Gasteiger partial charge is 0.492 e. The first-order valence-corrected chi connectivity index (χ1v) is 9.69. The molecule has 0 unspecified atom stereocenters. The molecule has 6 nitrogen and oxygen atoms in total. The van der Waals surface area contributed by atoms with Gasteiger partial charge in [0.05, 0.1) is 23.5 Å². The quantitative estimate of drug-likeness (QED) is 0.648. The number of hydrogen-bond acceptors (Lipinski definition) is 4. The van der Waals surface area contributed by atoms with E-state index in [2.05, 4.69) is 5.32 Å². The van der Waals surface area contributed by atoms with Crippen molar-refractivity contribution in [2.24, 2.45) is 0 Å². The van der Waals surface area contributed by atoms with Crippen molar-refractivity contribution in [1.29, 1.82) is 0 Å². The third-order valence-corrected chi connectivity index (χ3v) is 4.98. The van der Waals surface area contributed by atoms with E-state index >= 15 is 0 Å². The van der Waals surface area contributed by atoms with E-state index in [4.69, 9.17) is 4.74 Å². The molecule has 2 aromatic carbocycles. The van der Waals surface area contributed by atoms with Crippen molar-refractivity contribution >= 4 is 15.9 Å². The zero-order valence-electron chi connectivity index (χ0n) is 14.9. The van der Waals surface area contributed by atoms with Crippen molar-refractivity contribution in [3.8, 4) is 5.75 Å². The molecule has 1 amide bonds. The maximum atomic E-state index is 12.7. The maximum Gasteiger partial charge on any atom is 0.416 e. The van der Waals surface area contributed by atoms with Gasteiger partial charge in [-0.25, -0.2) is 13.1 Å². The van der Waals surface area contributed by atoms with Crippen LogP contribution < -0.4 is 14.8 Å². The summed E-state index contributed by atoms with van der Waals surface area (Å²) in [6.07, 6.45) is -4.67. The average molecular weight is 416 g/mol. The average Bonchev–Trinajstić information content (AvgIpc) is 2.63. The number of carbonyl (C=O) groups excluding carboxylic acids is 1. The van der Waals surface area contributed by atoms with Crippen molar-refractivity contribution in [2.75, 3.05) is 19.7 Å². The zero-order chi connectivity index (χ0) is 20.8. The van der Waals surface area contributed by atoms with Crippen LogP contribution in [-0.2, 0) is 21.0 Å². The van der Waals surface area contributed by atoms with Crippen LogP contribution >= 0.6 is 0 Å². The Morgan fingerprint density at radius 1 is 1.11 bits per heavy atom. The van der Waals surface area contributed by atoms with Gasteiger partial charge >= 0.3 is 6.18 Å². The first-order chi connectivity index (χ1) is 13.1. The third-order valence-electron chi connectivity index (χ3n) is 3.58. The van der Waals surface area contributed by atoms with Gasteiger partial charge in [0.2, 0.25) is 15.9 Å². The summed E-state index contributed by atoms with van der Waals surface area (Å²) in [5.41, 5.74) is -0.0707. The normalized spacial score (nSPS) is 11.9. The Kier molecular flexibility index (Phi) is 7.03. The molecule has 0 radical (unpaired) electrons. The Morgan fingerprint density at radius 3 is 2.50 bits per heavy atom. The SMILES string of the molecule is Cc1cccc(OCCNC(=O)CNS(=O)(=O)c2cccc(C(F)(F)F)c2)c1. The zero-order valence-corrected chi connectivity index (χ0v) is 15.7. The minimum absolute atomic E-state index is 0.137. The number of sulfonamides is 1. The molecule has 2 aromatic rings. The van der Waals surface area contributed by atoms with E-state index in [9.17, 15) is 26.4 Å². The molecule has 0 atom stereocenters. The number of halogens is 3. The molecule has 0 aliphatic carbocycles. The molecular formula is C18H19F3N2O4S. The lowest BCUT2D eigenvalue weighted by Gasteiger charge is -2.11. The van der Waals surface area contributed by atoms with Gasteiger partial charge in [-0.2, -0.15) is 13.2 Å². The van der Waals surface area contributed by atoms with E-state index in [-0.39, 0.29) is 13.2 Å². The van der Waals surface area contributed by atoms with Crippen LogP contribution in [-0.4, -0.2) is 34.0 Å². The van der Waals surface area contributed by atoms with Crippen LogP contribution in [0, 0.1) is 6.92 Å². The van der Waals surface area contributed by atoms with Gasteiger partial charge in [-0.3, -0.25) is 4.79 Å². The second-order valence-corrected chi connectivity index (χ2v) is 7.63. The number of ether oxygens (including phenoxy) is 1. The van der Waals surface area contributed by atoms with Crippen molar-refractivity contribution in [3.63, 3.8) is 0 Å². The molecule has 2 rings (SSSR count). The first-order valence-electron chi connectivity index (χ1n) is 8.21. The summed E-state index contributed by atoms with van der Waals surface area (Å²) in [5, 5.41) is 2.46. The van der Waals surface area contributed by atoms with Gasteiger partial charge in [-0.1, -0.05) is 18.2 Å². The monoisotopic (exact) mass is 416 g/mol. The minimum Gasteiger partial charge on any atom is -0.492 e. The summed E-state index contributed by atoms with van der Waals surface area (Å²) in [7, 11) is -4.26. The topological polar surface area (TPSA) is 84.5 Å². The van der Waals surface area contributed by atoms with Gasteiger partial charge in [0.25, 0.3) is 0 Å². The van der Waals surface area contributed by atoms with Crippen molar-refractivity contribution < 1.29 is 31.1 Å². The molecule has 152 valence electrons. The molecular weight excluding hydrogens is 397 g/mol. The number of hydrogen-bond donors (Lipinski definition) is 2. The standard InChI is InChI=1S/C18H19F3N2O4S/c1-13-4-2-6-15(10-13)27-9-8-22-17(24)12-23-28(25,26)16-7-3-5-14(11-16)18(19,20)21/h2-7,10-11,23H,8-9,12H2,1H3,(H,22,24). The Labute approximate surface area is 160 Å². The van der Waals surface area contributed by atoms with Crippen LogP contribution in [0.3, 0.4) is 0 Å². The molecule has 0 bridgehead atoms. The van der Waals surface area contributed by atoms with E-state index in [0.717, 1.165) is 23.8 Å². The molecule has 10 heteroatoms. The molecule has 0 fully saturated rings. The number of rotatable bonds is 8. The molecule has 0 aliphatic rings. The highest BCUT2D eigenvalue weighted by Gasteiger charge is 2.31. The van der Waals surface area contributed by atoms with E-state index in [1.807, 2.05) is 29.8 Å². The second-order valence-electron chi connectivity index (χ2n) is 5.87. The summed E-state index contributed by atoms with van der Waals surface area (Å²) < 4.78 is 69.7. The number of aryl methyl sites for hydroxylation is 1. The minimum atomic E-state index is -4.67. The number of benzene rings is 2. The van der Waals surface area contributed by atoms with E-state index < -0.39 is 39.1 Å². The molecule has 0 spiro atoms. The predicted molar refractivity (Wildman–Crippen MR) is 96.3 cm³/mol. The lowest BCUT2D eigenvalue weighted by molar-refractivity contribution is -0.137. The number of carbonyl (C=O) groups is 1. The van der Waals surface area contributed by atoms with Gasteiger partial charge in [0.15, 0.2) is 0 Å². The Morgan fingerprint density at radius 2 is 1.82 bits per heavy atom. The number of amides is 1. The van der Waals surface area contributed by atoms with Gasteiger partial charge in [0.1, 0.15) is 12.4 Å². The van der Waals surface area contributed by atoms with Crippen molar-refractivity contribution in [2.45, 2.75) is 18.0 Å². The van der Waals surface area contributed by atoms with Crippen LogP contribution in [0.1, 0.15) is 11.1 Å². The van der Waals surface area contributed by atoms with Gasteiger partial charge in [0, 0.05) is 0 Å². The van der Waals surface area contributed by atoms with Gasteiger partial charge in [-0.15, -0.1) is 0 Å². The van der Waals surface area contributed by atoms with Crippen LogP contribution in [0.2, 0.25) is 0 Å². The van der Waals surface area contributed by atoms with Gasteiger partial charge in [-0.05, 0) is 42.8 Å². The summed E-state index contributed by atoms with van der Waals surface area (Å²) in [4.78, 5) is 11.2. The fourth-order valence-corrected chi connectivity index (χ4v) is 3.24. The van der Waals surface area contributed by atoms with Crippen LogP contribution in [0.15, 0.2) is 53.4 Å². The fraction of sp³-hybridized carbons (Fsp3) is 0.278.